The van der Waals surface area contributed by atoms with E-state index in [0.717, 1.165) is 24.9 Å². The average Bonchev–Trinajstić information content (AvgIpc) is 3.02. The van der Waals surface area contributed by atoms with Crippen molar-refractivity contribution in [2.75, 3.05) is 12.3 Å². The molecule has 6 heteroatoms. The van der Waals surface area contributed by atoms with Crippen LogP contribution < -0.4 is 10.7 Å². The number of nitrogens with zero attached hydrogens (tertiary/aromatic N) is 1. The first kappa shape index (κ1) is 15.9. The van der Waals surface area contributed by atoms with E-state index in [4.69, 9.17) is 0 Å². The summed E-state index contributed by atoms with van der Waals surface area (Å²) in [6.07, 6.45) is 1.81. The second-order valence-electron chi connectivity index (χ2n) is 4.90. The van der Waals surface area contributed by atoms with Gasteiger partial charge < -0.3 is 5.32 Å². The summed E-state index contributed by atoms with van der Waals surface area (Å²) in [5.41, 5.74) is 3.74. The van der Waals surface area contributed by atoms with Crippen molar-refractivity contribution in [1.29, 1.82) is 0 Å². The average molecular weight is 307 g/mol. The molecule has 2 rings (SSSR count). The lowest BCUT2D eigenvalue weighted by Gasteiger charge is -2.24. The zero-order chi connectivity index (χ0) is 15.1. The van der Waals surface area contributed by atoms with Crippen LogP contribution in [0.4, 0.5) is 4.79 Å². The monoisotopic (exact) mass is 307 g/mol. The van der Waals surface area contributed by atoms with Gasteiger partial charge in [-0.05, 0) is 30.7 Å². The number of amides is 2. The first-order valence-corrected chi connectivity index (χ1v) is 8.21. The molecule has 1 aromatic carbocycles. The van der Waals surface area contributed by atoms with Gasteiger partial charge in [-0.25, -0.2) is 5.01 Å². The van der Waals surface area contributed by atoms with Crippen molar-refractivity contribution in [3.05, 3.63) is 35.9 Å². The molecular formula is C15H21N3O2S. The SMILES string of the molecule is CCSC(=O)N(Cc1ccccc1)NC(=O)C1CCCN1. The lowest BCUT2D eigenvalue weighted by Crippen LogP contribution is -2.50. The molecule has 2 amide bonds. The Morgan fingerprint density at radius 3 is 2.76 bits per heavy atom. The Bertz CT molecular complexity index is 475. The molecule has 0 aromatic heterocycles. The number of hydrazine groups is 1. The van der Waals surface area contributed by atoms with Crippen LogP contribution in [-0.4, -0.2) is 34.5 Å². The van der Waals surface area contributed by atoms with Crippen molar-refractivity contribution in [2.24, 2.45) is 0 Å². The molecule has 1 saturated heterocycles. The van der Waals surface area contributed by atoms with Crippen molar-refractivity contribution in [1.82, 2.24) is 15.8 Å². The van der Waals surface area contributed by atoms with E-state index in [-0.39, 0.29) is 17.2 Å². The predicted octanol–water partition coefficient (Wildman–Crippen LogP) is 2.14. The van der Waals surface area contributed by atoms with Gasteiger partial charge in [0.25, 0.3) is 11.1 Å². The van der Waals surface area contributed by atoms with Crippen LogP contribution in [0.2, 0.25) is 0 Å². The van der Waals surface area contributed by atoms with E-state index in [9.17, 15) is 9.59 Å². The van der Waals surface area contributed by atoms with Crippen LogP contribution in [-0.2, 0) is 11.3 Å². The van der Waals surface area contributed by atoms with E-state index in [0.29, 0.717) is 12.3 Å². The normalized spacial score (nSPS) is 17.5. The zero-order valence-electron chi connectivity index (χ0n) is 12.2. The molecule has 0 spiro atoms. The first-order chi connectivity index (χ1) is 10.2. The molecule has 0 radical (unpaired) electrons. The maximum atomic E-state index is 12.2. The molecule has 5 nitrogen and oxygen atoms in total. The number of thioether (sulfide) groups is 1. The number of carbonyl (C=O) groups is 2. The highest BCUT2D eigenvalue weighted by atomic mass is 32.2. The third-order valence-corrected chi connectivity index (χ3v) is 4.05. The van der Waals surface area contributed by atoms with Crippen molar-refractivity contribution in [3.8, 4) is 0 Å². The van der Waals surface area contributed by atoms with Gasteiger partial charge >= 0.3 is 0 Å². The van der Waals surface area contributed by atoms with Crippen molar-refractivity contribution in [2.45, 2.75) is 32.4 Å². The molecule has 1 aromatic rings. The van der Waals surface area contributed by atoms with E-state index in [1.165, 1.54) is 16.8 Å². The smallest absolute Gasteiger partial charge is 0.300 e. The lowest BCUT2D eigenvalue weighted by molar-refractivity contribution is -0.126. The third kappa shape index (κ3) is 4.75. The zero-order valence-corrected chi connectivity index (χ0v) is 13.0. The molecule has 1 atom stereocenters. The summed E-state index contributed by atoms with van der Waals surface area (Å²) in [6, 6.07) is 9.46. The van der Waals surface area contributed by atoms with Gasteiger partial charge in [0.1, 0.15) is 0 Å². The molecule has 21 heavy (non-hydrogen) atoms. The second-order valence-corrected chi connectivity index (χ2v) is 6.11. The fourth-order valence-electron chi connectivity index (χ4n) is 2.24. The van der Waals surface area contributed by atoms with Crippen molar-refractivity contribution >= 4 is 22.9 Å². The summed E-state index contributed by atoms with van der Waals surface area (Å²) >= 11 is 1.20. The fourth-order valence-corrected chi connectivity index (χ4v) is 2.75. The highest BCUT2D eigenvalue weighted by Crippen LogP contribution is 2.12. The van der Waals surface area contributed by atoms with Crippen molar-refractivity contribution < 1.29 is 9.59 Å². The van der Waals surface area contributed by atoms with Crippen LogP contribution in [0.25, 0.3) is 0 Å². The summed E-state index contributed by atoms with van der Waals surface area (Å²) in [6.45, 7) is 3.16. The summed E-state index contributed by atoms with van der Waals surface area (Å²) in [5.74, 6) is 0.551. The van der Waals surface area contributed by atoms with Crippen molar-refractivity contribution in [3.63, 3.8) is 0 Å². The highest BCUT2D eigenvalue weighted by Gasteiger charge is 2.25. The van der Waals surface area contributed by atoms with Gasteiger partial charge in [-0.1, -0.05) is 49.0 Å². The highest BCUT2D eigenvalue weighted by molar-refractivity contribution is 8.13. The van der Waals surface area contributed by atoms with E-state index in [1.54, 1.807) is 0 Å². The minimum Gasteiger partial charge on any atom is -0.306 e. The number of benzene rings is 1. The molecule has 1 unspecified atom stereocenters. The first-order valence-electron chi connectivity index (χ1n) is 7.22. The van der Waals surface area contributed by atoms with E-state index in [1.807, 2.05) is 37.3 Å². The second kappa shape index (κ2) is 8.05. The van der Waals surface area contributed by atoms with Gasteiger partial charge in [-0.2, -0.15) is 0 Å². The molecule has 114 valence electrons. The number of carbonyl (C=O) groups excluding carboxylic acids is 2. The number of rotatable bonds is 4. The maximum Gasteiger partial charge on any atom is 0.300 e. The van der Waals surface area contributed by atoms with Crippen LogP contribution in [0.3, 0.4) is 0 Å². The van der Waals surface area contributed by atoms with Crippen LogP contribution in [0.1, 0.15) is 25.3 Å². The molecule has 2 N–H and O–H groups in total. The Morgan fingerprint density at radius 1 is 1.38 bits per heavy atom. The summed E-state index contributed by atoms with van der Waals surface area (Å²) in [4.78, 5) is 24.3. The van der Waals surface area contributed by atoms with Gasteiger partial charge in [-0.3, -0.25) is 15.0 Å². The number of nitrogens with one attached hydrogen (secondary N) is 2. The van der Waals surface area contributed by atoms with Gasteiger partial charge in [-0.15, -0.1) is 0 Å². The predicted molar refractivity (Wildman–Crippen MR) is 84.7 cm³/mol. The molecule has 1 aliphatic heterocycles. The Hall–Kier alpha value is -1.53. The third-order valence-electron chi connectivity index (χ3n) is 3.29. The molecule has 0 bridgehead atoms. The van der Waals surface area contributed by atoms with E-state index >= 15 is 0 Å². The fraction of sp³-hybridized carbons (Fsp3) is 0.467. The van der Waals surface area contributed by atoms with E-state index < -0.39 is 0 Å². The van der Waals surface area contributed by atoms with Gasteiger partial charge in [0.15, 0.2) is 0 Å². The molecule has 0 saturated carbocycles. The standard InChI is InChI=1S/C15H21N3O2S/c1-2-21-15(20)18(11-12-7-4-3-5-8-12)17-14(19)13-9-6-10-16-13/h3-5,7-8,13,16H,2,6,9-11H2,1H3,(H,17,19). The lowest BCUT2D eigenvalue weighted by atomic mass is 10.2. The van der Waals surface area contributed by atoms with Crippen LogP contribution >= 0.6 is 11.8 Å². The number of hydrogen-bond donors (Lipinski definition) is 2. The Kier molecular flexibility index (Phi) is 6.07. The quantitative estimate of drug-likeness (QED) is 0.837. The Balaban J connectivity index is 2.01. The summed E-state index contributed by atoms with van der Waals surface area (Å²) < 4.78 is 0. The topological polar surface area (TPSA) is 61.4 Å². The van der Waals surface area contributed by atoms with Crippen LogP contribution in [0.15, 0.2) is 30.3 Å². The Labute approximate surface area is 129 Å². The van der Waals surface area contributed by atoms with E-state index in [2.05, 4.69) is 10.7 Å². The van der Waals surface area contributed by atoms with Crippen LogP contribution in [0, 0.1) is 0 Å². The summed E-state index contributed by atoms with van der Waals surface area (Å²) in [7, 11) is 0. The molecule has 1 heterocycles. The van der Waals surface area contributed by atoms with Gasteiger partial charge in [0.05, 0.1) is 12.6 Å². The number of hydrogen-bond acceptors (Lipinski definition) is 4. The maximum absolute atomic E-state index is 12.2. The molecule has 1 aliphatic rings. The van der Waals surface area contributed by atoms with Gasteiger partial charge in [0.2, 0.25) is 0 Å². The molecule has 1 fully saturated rings. The molecule has 0 aliphatic carbocycles. The largest absolute Gasteiger partial charge is 0.306 e. The van der Waals surface area contributed by atoms with Gasteiger partial charge in [0, 0.05) is 0 Å². The summed E-state index contributed by atoms with van der Waals surface area (Å²) in [5, 5.41) is 4.42. The minimum absolute atomic E-state index is 0.131. The Morgan fingerprint density at radius 2 is 2.14 bits per heavy atom. The molecular weight excluding hydrogens is 286 g/mol. The minimum atomic E-state index is -0.192. The van der Waals surface area contributed by atoms with Crippen LogP contribution in [0.5, 0.6) is 0 Å².